The molecule has 1 atom stereocenters. The van der Waals surface area contributed by atoms with Gasteiger partial charge in [0.05, 0.1) is 10.1 Å². The maximum absolute atomic E-state index is 12.9. The third-order valence-corrected chi connectivity index (χ3v) is 7.02. The minimum Gasteiger partial charge on any atom is -0.480 e. The first-order valence-electron chi connectivity index (χ1n) is 8.66. The molecule has 0 radical (unpaired) electrons. The third-order valence-electron chi connectivity index (χ3n) is 4.84. The molecule has 1 unspecified atom stereocenters. The number of nitrogens with zero attached hydrogens (tertiary/aromatic N) is 1. The van der Waals surface area contributed by atoms with Gasteiger partial charge in [-0.1, -0.05) is 24.3 Å². The second kappa shape index (κ2) is 7.15. The zero-order chi connectivity index (χ0) is 19.8. The van der Waals surface area contributed by atoms with E-state index >= 15 is 0 Å². The minimum atomic E-state index is -3.43. The van der Waals surface area contributed by atoms with E-state index in [1.165, 1.54) is 29.2 Å². The van der Waals surface area contributed by atoms with E-state index in [2.05, 4.69) is 0 Å². The number of amides is 1. The highest BCUT2D eigenvalue weighted by atomic mass is 32.2. The summed E-state index contributed by atoms with van der Waals surface area (Å²) in [4.78, 5) is 26.1. The lowest BCUT2D eigenvalue weighted by molar-refractivity contribution is -0.142. The van der Waals surface area contributed by atoms with Gasteiger partial charge in [0.25, 0.3) is 5.91 Å². The van der Waals surface area contributed by atoms with Crippen LogP contribution in [0, 0.1) is 0 Å². The van der Waals surface area contributed by atoms with E-state index in [0.29, 0.717) is 0 Å². The number of carbonyl (C=O) groups is 2. The van der Waals surface area contributed by atoms with Crippen molar-refractivity contribution in [1.29, 1.82) is 0 Å². The molecule has 0 fully saturated rings. The van der Waals surface area contributed by atoms with Gasteiger partial charge in [0, 0.05) is 18.5 Å². The minimum absolute atomic E-state index is 0.146. The summed E-state index contributed by atoms with van der Waals surface area (Å²) in [6, 6.07) is 12.2. The Balaban J connectivity index is 1.91. The maximum Gasteiger partial charge on any atom is 0.326 e. The first-order chi connectivity index (χ1) is 12.7. The standard InChI is InChI=1S/C20H21NO5S/c1-13(2)27(25,26)17-9-7-14(8-10-17)19(22)21-12-16-6-4-3-5-15(16)11-18(21)20(23)24/h3-10,13,18H,11-12H2,1-2H3,(H,23,24). The van der Waals surface area contributed by atoms with Crippen LogP contribution < -0.4 is 0 Å². The molecule has 1 amide bonds. The molecular weight excluding hydrogens is 366 g/mol. The number of rotatable bonds is 4. The van der Waals surface area contributed by atoms with E-state index in [4.69, 9.17) is 0 Å². The number of benzene rings is 2. The number of fused-ring (bicyclic) bond motifs is 1. The molecule has 3 rings (SSSR count). The lowest BCUT2D eigenvalue weighted by Crippen LogP contribution is -2.48. The normalized spacial score (nSPS) is 16.9. The van der Waals surface area contributed by atoms with Gasteiger partial charge in [0.2, 0.25) is 0 Å². The zero-order valence-electron chi connectivity index (χ0n) is 15.1. The van der Waals surface area contributed by atoms with Gasteiger partial charge in [-0.15, -0.1) is 0 Å². The van der Waals surface area contributed by atoms with E-state index < -0.39 is 33.0 Å². The molecule has 0 saturated carbocycles. The number of aliphatic carboxylic acids is 1. The molecule has 1 N–H and O–H groups in total. The predicted molar refractivity (Wildman–Crippen MR) is 100 cm³/mol. The first-order valence-corrected chi connectivity index (χ1v) is 10.2. The van der Waals surface area contributed by atoms with E-state index in [-0.39, 0.29) is 23.4 Å². The molecule has 2 aromatic carbocycles. The van der Waals surface area contributed by atoms with Crippen LogP contribution in [0.5, 0.6) is 0 Å². The first kappa shape index (κ1) is 19.1. The molecule has 0 aliphatic carbocycles. The molecular formula is C20H21NO5S. The summed E-state index contributed by atoms with van der Waals surface area (Å²) in [7, 11) is -3.43. The van der Waals surface area contributed by atoms with Crippen LogP contribution in [0.2, 0.25) is 0 Å². The lowest BCUT2D eigenvalue weighted by Gasteiger charge is -2.34. The highest BCUT2D eigenvalue weighted by molar-refractivity contribution is 7.92. The predicted octanol–water partition coefficient (Wildman–Crippen LogP) is 2.52. The summed E-state index contributed by atoms with van der Waals surface area (Å²) in [5.74, 6) is -1.48. The average Bonchev–Trinajstić information content (AvgIpc) is 2.66. The number of sulfone groups is 1. The number of hydrogen-bond donors (Lipinski definition) is 1. The molecule has 7 heteroatoms. The second-order valence-corrected chi connectivity index (χ2v) is 9.38. The van der Waals surface area contributed by atoms with Gasteiger partial charge in [-0.3, -0.25) is 4.79 Å². The van der Waals surface area contributed by atoms with Crippen LogP contribution >= 0.6 is 0 Å². The van der Waals surface area contributed by atoms with Crippen LogP contribution in [0.1, 0.15) is 35.3 Å². The fourth-order valence-electron chi connectivity index (χ4n) is 3.18. The summed E-state index contributed by atoms with van der Waals surface area (Å²) in [5.41, 5.74) is 2.11. The molecule has 142 valence electrons. The van der Waals surface area contributed by atoms with Crippen molar-refractivity contribution < 1.29 is 23.1 Å². The second-order valence-electron chi connectivity index (χ2n) is 6.88. The van der Waals surface area contributed by atoms with Gasteiger partial charge in [0.15, 0.2) is 9.84 Å². The Bertz CT molecular complexity index is 980. The zero-order valence-corrected chi connectivity index (χ0v) is 15.9. The van der Waals surface area contributed by atoms with Crippen molar-refractivity contribution in [2.45, 2.75) is 43.0 Å². The Morgan fingerprint density at radius 1 is 1.04 bits per heavy atom. The molecule has 0 spiro atoms. The van der Waals surface area contributed by atoms with Crippen LogP contribution in [0.3, 0.4) is 0 Å². The van der Waals surface area contributed by atoms with Crippen LogP contribution in [0.4, 0.5) is 0 Å². The quantitative estimate of drug-likeness (QED) is 0.870. The number of carboxylic acids is 1. The Morgan fingerprint density at radius 3 is 2.19 bits per heavy atom. The Labute approximate surface area is 158 Å². The van der Waals surface area contributed by atoms with Gasteiger partial charge < -0.3 is 10.0 Å². The number of carbonyl (C=O) groups excluding carboxylic acids is 1. The summed E-state index contributed by atoms with van der Waals surface area (Å²) in [5, 5.41) is 9.01. The highest BCUT2D eigenvalue weighted by Crippen LogP contribution is 2.26. The van der Waals surface area contributed by atoms with E-state index in [0.717, 1.165) is 11.1 Å². The molecule has 0 bridgehead atoms. The average molecular weight is 387 g/mol. The number of hydrogen-bond acceptors (Lipinski definition) is 4. The van der Waals surface area contributed by atoms with Crippen LogP contribution in [0.15, 0.2) is 53.4 Å². The molecule has 0 aromatic heterocycles. The summed E-state index contributed by atoms with van der Waals surface area (Å²) in [6.45, 7) is 3.39. The summed E-state index contributed by atoms with van der Waals surface area (Å²) in [6.07, 6.45) is 0.247. The van der Waals surface area contributed by atoms with Gasteiger partial charge in [-0.2, -0.15) is 0 Å². The van der Waals surface area contributed by atoms with Crippen LogP contribution in [0.25, 0.3) is 0 Å². The maximum atomic E-state index is 12.9. The van der Waals surface area contributed by atoms with Gasteiger partial charge in [-0.25, -0.2) is 13.2 Å². The van der Waals surface area contributed by atoms with Crippen LogP contribution in [-0.4, -0.2) is 41.6 Å². The topological polar surface area (TPSA) is 91.8 Å². The van der Waals surface area contributed by atoms with Crippen molar-refractivity contribution in [3.05, 3.63) is 65.2 Å². The monoisotopic (exact) mass is 387 g/mol. The van der Waals surface area contributed by atoms with E-state index in [1.54, 1.807) is 13.8 Å². The smallest absolute Gasteiger partial charge is 0.326 e. The van der Waals surface area contributed by atoms with Gasteiger partial charge in [-0.05, 0) is 49.2 Å². The van der Waals surface area contributed by atoms with Crippen molar-refractivity contribution in [3.63, 3.8) is 0 Å². The van der Waals surface area contributed by atoms with Gasteiger partial charge >= 0.3 is 5.97 Å². The fraction of sp³-hybridized carbons (Fsp3) is 0.300. The molecule has 1 aliphatic heterocycles. The Kier molecular flexibility index (Phi) is 5.06. The Hall–Kier alpha value is -2.67. The van der Waals surface area contributed by atoms with E-state index in [9.17, 15) is 23.1 Å². The van der Waals surface area contributed by atoms with Gasteiger partial charge in [0.1, 0.15) is 6.04 Å². The Morgan fingerprint density at radius 2 is 1.63 bits per heavy atom. The third kappa shape index (κ3) is 3.60. The summed E-state index contributed by atoms with van der Waals surface area (Å²) < 4.78 is 24.4. The van der Waals surface area contributed by atoms with Crippen molar-refractivity contribution >= 4 is 21.7 Å². The van der Waals surface area contributed by atoms with Crippen molar-refractivity contribution in [2.24, 2.45) is 0 Å². The number of carboxylic acid groups (broad SMARTS) is 1. The van der Waals surface area contributed by atoms with Crippen molar-refractivity contribution in [3.8, 4) is 0 Å². The fourth-order valence-corrected chi connectivity index (χ4v) is 4.24. The largest absolute Gasteiger partial charge is 0.480 e. The van der Waals surface area contributed by atoms with Crippen molar-refractivity contribution in [1.82, 2.24) is 4.90 Å². The molecule has 6 nitrogen and oxygen atoms in total. The molecule has 1 aliphatic rings. The molecule has 1 heterocycles. The van der Waals surface area contributed by atoms with Crippen molar-refractivity contribution in [2.75, 3.05) is 0 Å². The molecule has 27 heavy (non-hydrogen) atoms. The lowest BCUT2D eigenvalue weighted by atomic mass is 9.93. The SMILES string of the molecule is CC(C)S(=O)(=O)c1ccc(C(=O)N2Cc3ccccc3CC2C(=O)O)cc1. The van der Waals surface area contributed by atoms with Crippen LogP contribution in [-0.2, 0) is 27.6 Å². The molecule has 2 aromatic rings. The molecule has 0 saturated heterocycles. The van der Waals surface area contributed by atoms with E-state index in [1.807, 2.05) is 24.3 Å². The highest BCUT2D eigenvalue weighted by Gasteiger charge is 2.35. The summed E-state index contributed by atoms with van der Waals surface area (Å²) >= 11 is 0.